The maximum absolute atomic E-state index is 13.0. The maximum Gasteiger partial charge on any atom is 0.317 e. The molecule has 1 unspecified atom stereocenters. The van der Waals surface area contributed by atoms with Gasteiger partial charge in [-0.05, 0) is 50.4 Å². The highest BCUT2D eigenvalue weighted by molar-refractivity contribution is 5.95. The first kappa shape index (κ1) is 22.0. The van der Waals surface area contributed by atoms with Crippen LogP contribution in [0.25, 0.3) is 0 Å². The molecule has 2 rings (SSSR count). The first-order chi connectivity index (χ1) is 13.3. The summed E-state index contributed by atoms with van der Waals surface area (Å²) in [5.74, 6) is 0.733. The molecule has 28 heavy (non-hydrogen) atoms. The summed E-state index contributed by atoms with van der Waals surface area (Å²) in [6.45, 7) is 6.04. The first-order valence-corrected chi connectivity index (χ1v) is 9.84. The van der Waals surface area contributed by atoms with Crippen LogP contribution in [0.1, 0.15) is 43.5 Å². The summed E-state index contributed by atoms with van der Waals surface area (Å²) < 4.78 is 11.2. The third-order valence-electron chi connectivity index (χ3n) is 4.98. The van der Waals surface area contributed by atoms with Crippen LogP contribution < -0.4 is 9.47 Å². The summed E-state index contributed by atoms with van der Waals surface area (Å²) in [6, 6.07) is 5.47. The van der Waals surface area contributed by atoms with Crippen molar-refractivity contribution in [2.45, 2.75) is 39.2 Å². The van der Waals surface area contributed by atoms with Crippen LogP contribution in [0.5, 0.6) is 11.5 Å². The van der Waals surface area contributed by atoms with Crippen molar-refractivity contribution in [3.05, 3.63) is 23.8 Å². The summed E-state index contributed by atoms with van der Waals surface area (Å²) in [7, 11) is 3.40. The van der Waals surface area contributed by atoms with Crippen molar-refractivity contribution in [3.8, 4) is 11.5 Å². The van der Waals surface area contributed by atoms with Crippen LogP contribution in [0.15, 0.2) is 18.2 Å². The molecule has 7 nitrogen and oxygen atoms in total. The second-order valence-electron chi connectivity index (χ2n) is 7.76. The number of carbonyl (C=O) groups excluding carboxylic acids is 1. The zero-order valence-corrected chi connectivity index (χ0v) is 17.3. The molecular weight excluding hydrogens is 360 g/mol. The Hall–Kier alpha value is -2.28. The van der Waals surface area contributed by atoms with E-state index in [2.05, 4.69) is 13.8 Å². The zero-order valence-electron chi connectivity index (χ0n) is 17.3. The predicted molar refractivity (Wildman–Crippen MR) is 107 cm³/mol. The number of hydrogen-bond donors (Lipinski definition) is 1. The number of aliphatic carboxylic acids is 1. The molecule has 1 aromatic carbocycles. The van der Waals surface area contributed by atoms with Crippen LogP contribution in [0, 0.1) is 5.92 Å². The molecule has 0 saturated carbocycles. The zero-order chi connectivity index (χ0) is 20.7. The van der Waals surface area contributed by atoms with E-state index in [1.807, 2.05) is 16.8 Å². The van der Waals surface area contributed by atoms with Crippen LogP contribution in [-0.4, -0.2) is 73.2 Å². The summed E-state index contributed by atoms with van der Waals surface area (Å²) in [5.41, 5.74) is 0.575. The fraction of sp³-hybridized carbons (Fsp3) is 0.619. The molecule has 1 amide bonds. The number of likely N-dealkylation sites (tertiary alicyclic amines) is 1. The van der Waals surface area contributed by atoms with Crippen LogP contribution >= 0.6 is 0 Å². The molecule has 0 aliphatic carbocycles. The maximum atomic E-state index is 13.0. The molecule has 0 spiro atoms. The summed E-state index contributed by atoms with van der Waals surface area (Å²) >= 11 is 0. The van der Waals surface area contributed by atoms with Crippen molar-refractivity contribution in [2.75, 3.05) is 40.4 Å². The van der Waals surface area contributed by atoms with E-state index in [9.17, 15) is 9.59 Å². The molecule has 1 saturated heterocycles. The quantitative estimate of drug-likeness (QED) is 0.733. The van der Waals surface area contributed by atoms with E-state index in [1.54, 1.807) is 25.3 Å². The van der Waals surface area contributed by atoms with Gasteiger partial charge in [0.05, 0.1) is 20.3 Å². The SMILES string of the molecule is COc1cc(C(=O)N2CCCC(N(C)CC(=O)O)CC2)ccc1OCC(C)C. The number of ether oxygens (including phenoxy) is 2. The van der Waals surface area contributed by atoms with Crippen molar-refractivity contribution < 1.29 is 24.2 Å². The number of carbonyl (C=O) groups is 2. The van der Waals surface area contributed by atoms with Crippen LogP contribution in [0.4, 0.5) is 0 Å². The third-order valence-corrected chi connectivity index (χ3v) is 4.98. The number of amides is 1. The Balaban J connectivity index is 2.04. The van der Waals surface area contributed by atoms with Gasteiger partial charge in [-0.15, -0.1) is 0 Å². The number of likely N-dealkylation sites (N-methyl/N-ethyl adjacent to an activating group) is 1. The molecule has 0 aromatic heterocycles. The Morgan fingerprint density at radius 3 is 2.64 bits per heavy atom. The molecule has 1 aliphatic rings. The van der Waals surface area contributed by atoms with Gasteiger partial charge in [-0.25, -0.2) is 0 Å². The minimum absolute atomic E-state index is 0.0215. The van der Waals surface area contributed by atoms with E-state index in [-0.39, 0.29) is 18.5 Å². The number of nitrogens with zero attached hydrogens (tertiary/aromatic N) is 2. The van der Waals surface area contributed by atoms with Crippen molar-refractivity contribution in [3.63, 3.8) is 0 Å². The topological polar surface area (TPSA) is 79.3 Å². The molecule has 1 aromatic rings. The number of carboxylic acid groups (broad SMARTS) is 1. The molecule has 1 heterocycles. The van der Waals surface area contributed by atoms with Crippen LogP contribution in [0.2, 0.25) is 0 Å². The molecule has 1 fully saturated rings. The van der Waals surface area contributed by atoms with Gasteiger partial charge < -0.3 is 19.5 Å². The number of carboxylic acids is 1. The fourth-order valence-corrected chi connectivity index (χ4v) is 3.42. The lowest BCUT2D eigenvalue weighted by Gasteiger charge is -2.25. The Morgan fingerprint density at radius 2 is 2.00 bits per heavy atom. The summed E-state index contributed by atoms with van der Waals surface area (Å²) in [5, 5.41) is 8.99. The highest BCUT2D eigenvalue weighted by atomic mass is 16.5. The minimum atomic E-state index is -0.827. The molecule has 7 heteroatoms. The van der Waals surface area contributed by atoms with Gasteiger partial charge in [0.1, 0.15) is 0 Å². The second kappa shape index (κ2) is 10.3. The number of rotatable bonds is 8. The highest BCUT2D eigenvalue weighted by Crippen LogP contribution is 2.29. The van der Waals surface area contributed by atoms with Gasteiger partial charge in [-0.2, -0.15) is 0 Å². The lowest BCUT2D eigenvalue weighted by molar-refractivity contribution is -0.138. The van der Waals surface area contributed by atoms with Crippen molar-refractivity contribution in [1.29, 1.82) is 0 Å². The Morgan fingerprint density at radius 1 is 1.25 bits per heavy atom. The van der Waals surface area contributed by atoms with Gasteiger partial charge in [0, 0.05) is 24.7 Å². The first-order valence-electron chi connectivity index (χ1n) is 9.84. The predicted octanol–water partition coefficient (Wildman–Crippen LogP) is 2.74. The summed E-state index contributed by atoms with van der Waals surface area (Å²) in [4.78, 5) is 27.6. The van der Waals surface area contributed by atoms with Gasteiger partial charge in [-0.3, -0.25) is 14.5 Å². The van der Waals surface area contributed by atoms with Gasteiger partial charge >= 0.3 is 5.97 Å². The van der Waals surface area contributed by atoms with Gasteiger partial charge in [0.15, 0.2) is 11.5 Å². The van der Waals surface area contributed by atoms with E-state index < -0.39 is 5.97 Å². The number of methoxy groups -OCH3 is 1. The molecular formula is C21H32N2O5. The molecule has 0 bridgehead atoms. The monoisotopic (exact) mass is 392 g/mol. The lowest BCUT2D eigenvalue weighted by Crippen LogP contribution is -2.37. The standard InChI is InChI=1S/C21H32N2O5/c1-15(2)14-28-18-8-7-16(12-19(18)27-4)21(26)23-10-5-6-17(9-11-23)22(3)13-20(24)25/h7-8,12,15,17H,5-6,9-11,13-14H2,1-4H3,(H,24,25). The fourth-order valence-electron chi connectivity index (χ4n) is 3.42. The van der Waals surface area contributed by atoms with Crippen LogP contribution in [0.3, 0.4) is 0 Å². The van der Waals surface area contributed by atoms with Crippen molar-refractivity contribution >= 4 is 11.9 Å². The van der Waals surface area contributed by atoms with Gasteiger partial charge in [0.25, 0.3) is 5.91 Å². The molecule has 156 valence electrons. The molecule has 0 radical (unpaired) electrons. The van der Waals surface area contributed by atoms with Crippen LogP contribution in [-0.2, 0) is 4.79 Å². The Labute approximate surface area is 167 Å². The smallest absolute Gasteiger partial charge is 0.317 e. The average Bonchev–Trinajstić information content (AvgIpc) is 2.91. The van der Waals surface area contributed by atoms with Crippen molar-refractivity contribution in [2.24, 2.45) is 5.92 Å². The number of benzene rings is 1. The highest BCUT2D eigenvalue weighted by Gasteiger charge is 2.25. The molecule has 1 N–H and O–H groups in total. The van der Waals surface area contributed by atoms with E-state index in [1.165, 1.54) is 0 Å². The minimum Gasteiger partial charge on any atom is -0.493 e. The normalized spacial score (nSPS) is 17.5. The molecule has 1 atom stereocenters. The van der Waals surface area contributed by atoms with E-state index >= 15 is 0 Å². The Bertz CT molecular complexity index is 677. The van der Waals surface area contributed by atoms with Gasteiger partial charge in [-0.1, -0.05) is 13.8 Å². The average molecular weight is 392 g/mol. The van der Waals surface area contributed by atoms with Gasteiger partial charge in [0.2, 0.25) is 0 Å². The van der Waals surface area contributed by atoms with E-state index in [0.717, 1.165) is 19.3 Å². The lowest BCUT2D eigenvalue weighted by atomic mass is 10.1. The Kier molecular flexibility index (Phi) is 8.11. The summed E-state index contributed by atoms with van der Waals surface area (Å²) in [6.07, 6.45) is 2.51. The third kappa shape index (κ3) is 6.12. The largest absolute Gasteiger partial charge is 0.493 e. The van der Waals surface area contributed by atoms with E-state index in [0.29, 0.717) is 42.7 Å². The van der Waals surface area contributed by atoms with Crippen molar-refractivity contribution in [1.82, 2.24) is 9.80 Å². The second-order valence-corrected chi connectivity index (χ2v) is 7.76. The molecule has 1 aliphatic heterocycles. The number of hydrogen-bond acceptors (Lipinski definition) is 5. The van der Waals surface area contributed by atoms with E-state index in [4.69, 9.17) is 14.6 Å².